The standard InChI is InChI=1S/C12H14BrNS2/c1-8-5-6-15-12(8)9(2)14-7-10-3-4-11(13)16-10/h3-6,9,14H,7H2,1-2H3. The molecule has 0 fully saturated rings. The van der Waals surface area contributed by atoms with E-state index in [1.54, 1.807) is 11.3 Å². The van der Waals surface area contributed by atoms with Crippen LogP contribution in [0.5, 0.6) is 0 Å². The monoisotopic (exact) mass is 315 g/mol. The molecule has 1 nitrogen and oxygen atoms in total. The SMILES string of the molecule is Cc1ccsc1C(C)NCc1ccc(Br)s1. The summed E-state index contributed by atoms with van der Waals surface area (Å²) in [6.45, 7) is 5.34. The molecule has 0 aliphatic rings. The molecule has 0 aromatic carbocycles. The summed E-state index contributed by atoms with van der Waals surface area (Å²) in [5.74, 6) is 0. The minimum atomic E-state index is 0.431. The van der Waals surface area contributed by atoms with E-state index in [2.05, 4.69) is 58.7 Å². The Kier molecular flexibility index (Phi) is 4.19. The second kappa shape index (κ2) is 5.45. The van der Waals surface area contributed by atoms with Crippen LogP contribution in [0.25, 0.3) is 0 Å². The summed E-state index contributed by atoms with van der Waals surface area (Å²) in [4.78, 5) is 2.81. The number of aryl methyl sites for hydroxylation is 1. The van der Waals surface area contributed by atoms with Crippen molar-refractivity contribution in [3.05, 3.63) is 42.7 Å². The number of hydrogen-bond acceptors (Lipinski definition) is 3. The van der Waals surface area contributed by atoms with Gasteiger partial charge in [0, 0.05) is 22.3 Å². The third kappa shape index (κ3) is 2.94. The molecule has 2 aromatic heterocycles. The van der Waals surface area contributed by atoms with E-state index >= 15 is 0 Å². The topological polar surface area (TPSA) is 12.0 Å². The zero-order valence-electron chi connectivity index (χ0n) is 9.29. The van der Waals surface area contributed by atoms with Crippen molar-refractivity contribution in [3.63, 3.8) is 0 Å². The van der Waals surface area contributed by atoms with Gasteiger partial charge < -0.3 is 5.32 Å². The van der Waals surface area contributed by atoms with Gasteiger partial charge in [0.2, 0.25) is 0 Å². The number of hydrogen-bond donors (Lipinski definition) is 1. The first-order valence-corrected chi connectivity index (χ1v) is 7.67. The highest BCUT2D eigenvalue weighted by Crippen LogP contribution is 2.25. The van der Waals surface area contributed by atoms with Crippen LogP contribution in [-0.4, -0.2) is 0 Å². The lowest BCUT2D eigenvalue weighted by molar-refractivity contribution is 0.585. The van der Waals surface area contributed by atoms with Crippen LogP contribution in [0, 0.1) is 6.92 Å². The molecule has 2 rings (SSSR count). The van der Waals surface area contributed by atoms with Crippen molar-refractivity contribution in [2.24, 2.45) is 0 Å². The van der Waals surface area contributed by atoms with E-state index in [4.69, 9.17) is 0 Å². The van der Waals surface area contributed by atoms with Crippen molar-refractivity contribution in [1.82, 2.24) is 5.32 Å². The first-order valence-electron chi connectivity index (χ1n) is 5.18. The van der Waals surface area contributed by atoms with E-state index in [0.717, 1.165) is 6.54 Å². The predicted octanol–water partition coefficient (Wildman–Crippen LogP) is 4.73. The van der Waals surface area contributed by atoms with Crippen LogP contribution in [-0.2, 0) is 6.54 Å². The minimum absolute atomic E-state index is 0.431. The van der Waals surface area contributed by atoms with Crippen LogP contribution in [0.2, 0.25) is 0 Å². The zero-order valence-corrected chi connectivity index (χ0v) is 12.5. The molecule has 1 unspecified atom stereocenters. The largest absolute Gasteiger partial charge is 0.305 e. The van der Waals surface area contributed by atoms with Crippen molar-refractivity contribution in [3.8, 4) is 0 Å². The Hall–Kier alpha value is -0.160. The number of rotatable bonds is 4. The van der Waals surface area contributed by atoms with E-state index in [1.807, 2.05) is 11.3 Å². The Bertz CT molecular complexity index is 461. The van der Waals surface area contributed by atoms with Crippen molar-refractivity contribution < 1.29 is 0 Å². The molecule has 0 amide bonds. The van der Waals surface area contributed by atoms with Gasteiger partial charge in [0.15, 0.2) is 0 Å². The maximum atomic E-state index is 3.56. The molecule has 0 spiro atoms. The molecule has 4 heteroatoms. The van der Waals surface area contributed by atoms with Gasteiger partial charge in [-0.2, -0.15) is 0 Å². The molecule has 0 aliphatic carbocycles. The molecule has 86 valence electrons. The van der Waals surface area contributed by atoms with Crippen molar-refractivity contribution in [2.75, 3.05) is 0 Å². The zero-order chi connectivity index (χ0) is 11.5. The van der Waals surface area contributed by atoms with Crippen LogP contribution in [0.15, 0.2) is 27.4 Å². The number of thiophene rings is 2. The van der Waals surface area contributed by atoms with E-state index in [1.165, 1.54) is 19.1 Å². The fourth-order valence-corrected chi connectivity index (χ4v) is 4.02. The molecular formula is C12H14BrNS2. The molecule has 0 radical (unpaired) electrons. The predicted molar refractivity (Wildman–Crippen MR) is 76.3 cm³/mol. The smallest absolute Gasteiger partial charge is 0.0701 e. The minimum Gasteiger partial charge on any atom is -0.305 e. The van der Waals surface area contributed by atoms with Crippen molar-refractivity contribution >= 4 is 38.6 Å². The van der Waals surface area contributed by atoms with Crippen molar-refractivity contribution in [1.29, 1.82) is 0 Å². The highest BCUT2D eigenvalue weighted by Gasteiger charge is 2.09. The van der Waals surface area contributed by atoms with Crippen LogP contribution in [0.3, 0.4) is 0 Å². The van der Waals surface area contributed by atoms with Gasteiger partial charge in [-0.25, -0.2) is 0 Å². The van der Waals surface area contributed by atoms with Gasteiger partial charge in [-0.15, -0.1) is 22.7 Å². The van der Waals surface area contributed by atoms with Crippen molar-refractivity contribution in [2.45, 2.75) is 26.4 Å². The fourth-order valence-electron chi connectivity index (χ4n) is 1.62. The average Bonchev–Trinajstić information content (AvgIpc) is 2.84. The number of halogens is 1. The summed E-state index contributed by atoms with van der Waals surface area (Å²) in [7, 11) is 0. The van der Waals surface area contributed by atoms with Crippen LogP contribution in [0.4, 0.5) is 0 Å². The van der Waals surface area contributed by atoms with Gasteiger partial charge in [0.05, 0.1) is 3.79 Å². The van der Waals surface area contributed by atoms with E-state index in [0.29, 0.717) is 6.04 Å². The molecule has 2 aromatic rings. The number of nitrogens with one attached hydrogen (secondary N) is 1. The molecule has 0 saturated carbocycles. The second-order valence-corrected chi connectivity index (χ2v) is 7.27. The second-order valence-electron chi connectivity index (χ2n) is 3.78. The Balaban J connectivity index is 1.93. The molecule has 1 N–H and O–H groups in total. The quantitative estimate of drug-likeness (QED) is 0.860. The lowest BCUT2D eigenvalue weighted by Gasteiger charge is -2.12. The normalized spacial score (nSPS) is 12.9. The summed E-state index contributed by atoms with van der Waals surface area (Å²) in [5, 5.41) is 5.71. The Labute approximate surface area is 113 Å². The summed E-state index contributed by atoms with van der Waals surface area (Å²) in [6.07, 6.45) is 0. The maximum Gasteiger partial charge on any atom is 0.0701 e. The van der Waals surface area contributed by atoms with Gasteiger partial charge in [-0.05, 0) is 58.9 Å². The summed E-state index contributed by atoms with van der Waals surface area (Å²) >= 11 is 7.10. The van der Waals surface area contributed by atoms with Crippen LogP contribution < -0.4 is 5.32 Å². The summed E-state index contributed by atoms with van der Waals surface area (Å²) in [5.41, 5.74) is 1.39. The van der Waals surface area contributed by atoms with Crippen LogP contribution >= 0.6 is 38.6 Å². The first kappa shape index (κ1) is 12.3. The van der Waals surface area contributed by atoms with Gasteiger partial charge in [0.1, 0.15) is 0 Å². The van der Waals surface area contributed by atoms with E-state index in [-0.39, 0.29) is 0 Å². The van der Waals surface area contributed by atoms with Gasteiger partial charge in [-0.1, -0.05) is 0 Å². The lowest BCUT2D eigenvalue weighted by atomic mass is 10.2. The molecule has 0 saturated heterocycles. The van der Waals surface area contributed by atoms with Gasteiger partial charge >= 0.3 is 0 Å². The molecule has 16 heavy (non-hydrogen) atoms. The summed E-state index contributed by atoms with van der Waals surface area (Å²) in [6, 6.07) is 6.87. The highest BCUT2D eigenvalue weighted by molar-refractivity contribution is 9.11. The Morgan fingerprint density at radius 2 is 2.19 bits per heavy atom. The molecule has 0 bridgehead atoms. The Morgan fingerprint density at radius 1 is 1.38 bits per heavy atom. The van der Waals surface area contributed by atoms with Gasteiger partial charge in [-0.3, -0.25) is 0 Å². The maximum absolute atomic E-state index is 3.56. The first-order chi connectivity index (χ1) is 7.66. The highest BCUT2D eigenvalue weighted by atomic mass is 79.9. The summed E-state index contributed by atoms with van der Waals surface area (Å²) < 4.78 is 1.20. The van der Waals surface area contributed by atoms with Gasteiger partial charge in [0.25, 0.3) is 0 Å². The lowest BCUT2D eigenvalue weighted by Crippen LogP contribution is -2.17. The average molecular weight is 316 g/mol. The molecule has 0 aliphatic heterocycles. The third-order valence-electron chi connectivity index (χ3n) is 2.51. The molecular weight excluding hydrogens is 302 g/mol. The molecule has 1 atom stereocenters. The van der Waals surface area contributed by atoms with Crippen LogP contribution in [0.1, 0.15) is 28.3 Å². The molecule has 2 heterocycles. The van der Waals surface area contributed by atoms with E-state index in [9.17, 15) is 0 Å². The third-order valence-corrected chi connectivity index (χ3v) is 5.33. The fraction of sp³-hybridized carbons (Fsp3) is 0.333. The van der Waals surface area contributed by atoms with E-state index < -0.39 is 0 Å². The Morgan fingerprint density at radius 3 is 2.75 bits per heavy atom.